The van der Waals surface area contributed by atoms with Crippen molar-refractivity contribution in [3.05, 3.63) is 24.0 Å². The summed E-state index contributed by atoms with van der Waals surface area (Å²) in [6.45, 7) is 1.77. The maximum Gasteiger partial charge on any atom is 0.328 e. The smallest absolute Gasteiger partial charge is 0.328 e. The van der Waals surface area contributed by atoms with E-state index in [1.807, 2.05) is 0 Å². The normalized spacial score (nSPS) is 12.0. The zero-order chi connectivity index (χ0) is 7.98. The van der Waals surface area contributed by atoms with Crippen LogP contribution < -0.4 is 0 Å². The Morgan fingerprint density at radius 2 is 2.10 bits per heavy atom. The molecule has 0 saturated heterocycles. The minimum atomic E-state index is -0.976. The maximum absolute atomic E-state index is 9.97. The molecule has 10 heavy (non-hydrogen) atoms. The number of hydrogen-bond acceptors (Lipinski definition) is 2. The summed E-state index contributed by atoms with van der Waals surface area (Å²) in [5.41, 5.74) is 0. The first-order chi connectivity index (χ1) is 4.70. The van der Waals surface area contributed by atoms with E-state index in [9.17, 15) is 4.79 Å². The van der Waals surface area contributed by atoms with E-state index in [0.717, 1.165) is 6.08 Å². The molecule has 0 aromatic heterocycles. The number of methoxy groups -OCH3 is 1. The number of allylic oxidation sites excluding steroid dienone is 2. The lowest BCUT2D eigenvalue weighted by Gasteiger charge is -1.95. The van der Waals surface area contributed by atoms with Crippen molar-refractivity contribution in [3.8, 4) is 0 Å². The molecule has 0 radical (unpaired) electrons. The van der Waals surface area contributed by atoms with Crippen LogP contribution in [0.5, 0.6) is 0 Å². The molecule has 0 atom stereocenters. The molecule has 0 amide bonds. The highest BCUT2D eigenvalue weighted by molar-refractivity contribution is 5.80. The highest BCUT2D eigenvalue weighted by atomic mass is 16.5. The van der Waals surface area contributed by atoms with Crippen LogP contribution in [0.2, 0.25) is 0 Å². The Labute approximate surface area is 59.6 Å². The number of carboxylic acids is 1. The molecule has 0 unspecified atom stereocenters. The van der Waals surface area contributed by atoms with Gasteiger partial charge in [-0.15, -0.1) is 0 Å². The van der Waals surface area contributed by atoms with Crippen molar-refractivity contribution in [2.24, 2.45) is 0 Å². The first-order valence-electron chi connectivity index (χ1n) is 2.82. The van der Waals surface area contributed by atoms with Crippen LogP contribution in [-0.2, 0) is 9.53 Å². The van der Waals surface area contributed by atoms with E-state index in [1.165, 1.54) is 13.2 Å². The van der Waals surface area contributed by atoms with Crippen LogP contribution in [0, 0.1) is 0 Å². The predicted molar refractivity (Wildman–Crippen MR) is 37.5 cm³/mol. The molecule has 0 fully saturated rings. The molecule has 1 N–H and O–H groups in total. The van der Waals surface area contributed by atoms with Gasteiger partial charge in [0.25, 0.3) is 0 Å². The van der Waals surface area contributed by atoms with Gasteiger partial charge in [-0.1, -0.05) is 0 Å². The topological polar surface area (TPSA) is 46.5 Å². The largest absolute Gasteiger partial charge is 0.497 e. The predicted octanol–water partition coefficient (Wildman–Crippen LogP) is 1.18. The van der Waals surface area contributed by atoms with E-state index in [4.69, 9.17) is 9.84 Å². The van der Waals surface area contributed by atoms with Crippen molar-refractivity contribution in [1.82, 2.24) is 0 Å². The highest BCUT2D eigenvalue weighted by Crippen LogP contribution is 1.95. The second-order valence-electron chi connectivity index (χ2n) is 1.57. The molecule has 0 aliphatic rings. The molecule has 3 nitrogen and oxygen atoms in total. The van der Waals surface area contributed by atoms with E-state index >= 15 is 0 Å². The van der Waals surface area contributed by atoms with E-state index in [-0.39, 0.29) is 0 Å². The molecule has 0 aliphatic carbocycles. The Morgan fingerprint density at radius 3 is 2.40 bits per heavy atom. The zero-order valence-corrected chi connectivity index (χ0v) is 6.00. The lowest BCUT2D eigenvalue weighted by molar-refractivity contribution is -0.131. The molecule has 3 heteroatoms. The number of carbonyl (C=O) groups is 1. The third-order valence-corrected chi connectivity index (χ3v) is 0.910. The van der Waals surface area contributed by atoms with Crippen molar-refractivity contribution in [1.29, 1.82) is 0 Å². The minimum Gasteiger partial charge on any atom is -0.497 e. The monoisotopic (exact) mass is 142 g/mol. The van der Waals surface area contributed by atoms with E-state index in [1.54, 1.807) is 13.0 Å². The first-order valence-corrected chi connectivity index (χ1v) is 2.82. The van der Waals surface area contributed by atoms with Crippen molar-refractivity contribution in [2.45, 2.75) is 6.92 Å². The number of hydrogen-bond donors (Lipinski definition) is 1. The summed E-state index contributed by atoms with van der Waals surface area (Å²) in [6.07, 6.45) is 4.10. The van der Waals surface area contributed by atoms with E-state index in [0.29, 0.717) is 5.76 Å². The van der Waals surface area contributed by atoms with Crippen LogP contribution >= 0.6 is 0 Å². The number of carboxylic acid groups (broad SMARTS) is 1. The fraction of sp³-hybridized carbons (Fsp3) is 0.286. The Balaban J connectivity index is 3.98. The van der Waals surface area contributed by atoms with Gasteiger partial charge in [0.1, 0.15) is 5.76 Å². The van der Waals surface area contributed by atoms with Crippen molar-refractivity contribution < 1.29 is 14.6 Å². The molecule has 0 aromatic carbocycles. The van der Waals surface area contributed by atoms with Crippen LogP contribution in [0.25, 0.3) is 0 Å². The number of aliphatic carboxylic acids is 1. The summed E-state index contributed by atoms with van der Waals surface area (Å²) in [6, 6.07) is 0. The summed E-state index contributed by atoms with van der Waals surface area (Å²) >= 11 is 0. The molecular weight excluding hydrogens is 132 g/mol. The third-order valence-electron chi connectivity index (χ3n) is 0.910. The zero-order valence-electron chi connectivity index (χ0n) is 6.00. The van der Waals surface area contributed by atoms with Gasteiger partial charge in [0, 0.05) is 6.08 Å². The van der Waals surface area contributed by atoms with Gasteiger partial charge in [-0.25, -0.2) is 4.79 Å². The fourth-order valence-corrected chi connectivity index (χ4v) is 0.436. The Hall–Kier alpha value is -1.25. The summed E-state index contributed by atoms with van der Waals surface area (Å²) < 4.78 is 4.76. The van der Waals surface area contributed by atoms with Crippen molar-refractivity contribution in [2.75, 3.05) is 7.11 Å². The summed E-state index contributed by atoms with van der Waals surface area (Å²) in [5, 5.41) is 8.18. The minimum absolute atomic E-state index is 0.544. The van der Waals surface area contributed by atoms with Gasteiger partial charge in [-0.2, -0.15) is 0 Å². The lowest BCUT2D eigenvalue weighted by atomic mass is 10.4. The van der Waals surface area contributed by atoms with E-state index < -0.39 is 5.97 Å². The van der Waals surface area contributed by atoms with Gasteiger partial charge in [-0.05, 0) is 19.1 Å². The molecule has 0 aliphatic heterocycles. The molecule has 0 heterocycles. The summed E-state index contributed by atoms with van der Waals surface area (Å²) in [5.74, 6) is -0.432. The second-order valence-corrected chi connectivity index (χ2v) is 1.57. The molecule has 0 aromatic rings. The Kier molecular flexibility index (Phi) is 4.04. The summed E-state index contributed by atoms with van der Waals surface area (Å²) in [4.78, 5) is 9.97. The van der Waals surface area contributed by atoms with Gasteiger partial charge >= 0.3 is 5.97 Å². The molecule has 0 saturated carbocycles. The Bertz CT molecular complexity index is 168. The van der Waals surface area contributed by atoms with Crippen LogP contribution in [0.3, 0.4) is 0 Å². The van der Waals surface area contributed by atoms with Gasteiger partial charge in [0.15, 0.2) is 0 Å². The van der Waals surface area contributed by atoms with Crippen molar-refractivity contribution in [3.63, 3.8) is 0 Å². The first kappa shape index (κ1) is 8.75. The molecule has 0 bridgehead atoms. The maximum atomic E-state index is 9.97. The molecular formula is C7H10O3. The third kappa shape index (κ3) is 3.72. The Morgan fingerprint density at radius 1 is 1.50 bits per heavy atom. The second kappa shape index (κ2) is 4.61. The lowest BCUT2D eigenvalue weighted by Crippen LogP contribution is -1.88. The van der Waals surface area contributed by atoms with Gasteiger partial charge in [0.2, 0.25) is 0 Å². The fourth-order valence-electron chi connectivity index (χ4n) is 0.436. The van der Waals surface area contributed by atoms with E-state index in [2.05, 4.69) is 0 Å². The average Bonchev–Trinajstić information content (AvgIpc) is 1.90. The SMILES string of the molecule is C/C=C(\C=C\C(=O)O)OC. The van der Waals surface area contributed by atoms with Crippen LogP contribution in [0.15, 0.2) is 24.0 Å². The quantitative estimate of drug-likeness (QED) is 0.365. The van der Waals surface area contributed by atoms with Crippen LogP contribution in [0.4, 0.5) is 0 Å². The number of rotatable bonds is 3. The van der Waals surface area contributed by atoms with Gasteiger partial charge in [0.05, 0.1) is 7.11 Å². The molecule has 0 spiro atoms. The average molecular weight is 142 g/mol. The van der Waals surface area contributed by atoms with Crippen LogP contribution in [-0.4, -0.2) is 18.2 Å². The van der Waals surface area contributed by atoms with Gasteiger partial charge in [-0.3, -0.25) is 0 Å². The summed E-state index contributed by atoms with van der Waals surface area (Å²) in [7, 11) is 1.49. The van der Waals surface area contributed by atoms with Crippen molar-refractivity contribution >= 4 is 5.97 Å². The van der Waals surface area contributed by atoms with Gasteiger partial charge < -0.3 is 9.84 Å². The molecule has 0 rings (SSSR count). The standard InChI is InChI=1S/C7H10O3/c1-3-6(10-2)4-5-7(8)9/h3-5H,1-2H3,(H,8,9)/b5-4+,6-3+. The number of ether oxygens (including phenoxy) is 1. The van der Waals surface area contributed by atoms with Crippen LogP contribution in [0.1, 0.15) is 6.92 Å². The molecule has 56 valence electrons. The highest BCUT2D eigenvalue weighted by Gasteiger charge is 1.88.